The fourth-order valence-electron chi connectivity index (χ4n) is 3.09. The van der Waals surface area contributed by atoms with Crippen LogP contribution in [0.25, 0.3) is 0 Å². The van der Waals surface area contributed by atoms with Crippen LogP contribution >= 0.6 is 0 Å². The first-order chi connectivity index (χ1) is 9.29. The highest BCUT2D eigenvalue weighted by Crippen LogP contribution is 2.25. The summed E-state index contributed by atoms with van der Waals surface area (Å²) in [4.78, 5) is 13.4. The molecule has 2 aliphatic rings. The number of hydrogen-bond donors (Lipinski definition) is 1. The molecule has 19 heavy (non-hydrogen) atoms. The van der Waals surface area contributed by atoms with Crippen molar-refractivity contribution in [2.75, 3.05) is 32.8 Å². The fraction of sp³-hybridized carbons (Fsp3) is 0.933. The van der Waals surface area contributed by atoms with Gasteiger partial charge in [-0.25, -0.2) is 0 Å². The zero-order valence-electron chi connectivity index (χ0n) is 12.2. The molecule has 2 heterocycles. The third-order valence-electron chi connectivity index (χ3n) is 4.29. The van der Waals surface area contributed by atoms with Crippen LogP contribution < -0.4 is 4.90 Å². The van der Waals surface area contributed by atoms with Gasteiger partial charge in [0.05, 0.1) is 19.1 Å². The third kappa shape index (κ3) is 4.77. The Kier molecular flexibility index (Phi) is 6.11. The van der Waals surface area contributed by atoms with Gasteiger partial charge in [-0.3, -0.25) is 4.79 Å². The molecule has 0 aliphatic carbocycles. The standard InChI is InChI=1S/C15H27NO3/c1-2-3-4-5-6-13-11-14(19-15(13)17)12-16-7-9-18-10-8-16/h13-14H,2-12H2,1H3/p+1/t13-,14+/m1/s1. The highest BCUT2D eigenvalue weighted by Gasteiger charge is 2.36. The number of morpholine rings is 1. The van der Waals surface area contributed by atoms with Gasteiger partial charge in [0.2, 0.25) is 0 Å². The molecule has 1 N–H and O–H groups in total. The number of ether oxygens (including phenoxy) is 2. The lowest BCUT2D eigenvalue weighted by Crippen LogP contribution is -3.15. The molecule has 2 atom stereocenters. The molecule has 2 fully saturated rings. The Hall–Kier alpha value is -0.610. The Morgan fingerprint density at radius 2 is 2.00 bits per heavy atom. The second-order valence-corrected chi connectivity index (χ2v) is 5.91. The maximum Gasteiger partial charge on any atom is 0.309 e. The minimum atomic E-state index is 0.0501. The van der Waals surface area contributed by atoms with Crippen molar-refractivity contribution in [2.45, 2.75) is 51.6 Å². The van der Waals surface area contributed by atoms with E-state index in [1.807, 2.05) is 0 Å². The van der Waals surface area contributed by atoms with Gasteiger partial charge in [-0.05, 0) is 6.42 Å². The van der Waals surface area contributed by atoms with E-state index >= 15 is 0 Å². The second-order valence-electron chi connectivity index (χ2n) is 5.91. The summed E-state index contributed by atoms with van der Waals surface area (Å²) >= 11 is 0. The number of esters is 1. The lowest BCUT2D eigenvalue weighted by Gasteiger charge is -2.25. The summed E-state index contributed by atoms with van der Waals surface area (Å²) < 4.78 is 10.9. The zero-order chi connectivity index (χ0) is 13.5. The van der Waals surface area contributed by atoms with E-state index < -0.39 is 0 Å². The largest absolute Gasteiger partial charge is 0.456 e. The van der Waals surface area contributed by atoms with Crippen LogP contribution in [-0.4, -0.2) is 44.9 Å². The topological polar surface area (TPSA) is 40.0 Å². The molecule has 2 saturated heterocycles. The van der Waals surface area contributed by atoms with E-state index in [1.165, 1.54) is 30.6 Å². The fourth-order valence-corrected chi connectivity index (χ4v) is 3.09. The van der Waals surface area contributed by atoms with E-state index in [2.05, 4.69) is 6.92 Å². The summed E-state index contributed by atoms with van der Waals surface area (Å²) in [6.07, 6.45) is 7.06. The third-order valence-corrected chi connectivity index (χ3v) is 4.29. The predicted molar refractivity (Wildman–Crippen MR) is 73.1 cm³/mol. The summed E-state index contributed by atoms with van der Waals surface area (Å²) in [5, 5.41) is 0. The SMILES string of the molecule is CCCCCC[C@@H]1C[C@@H](C[NH+]2CCOCC2)OC1=O. The predicted octanol–water partition coefficient (Wildman–Crippen LogP) is 0.804. The lowest BCUT2D eigenvalue weighted by molar-refractivity contribution is -0.910. The van der Waals surface area contributed by atoms with Crippen LogP contribution in [0, 0.1) is 5.92 Å². The molecule has 4 nitrogen and oxygen atoms in total. The van der Waals surface area contributed by atoms with Gasteiger partial charge in [0, 0.05) is 6.42 Å². The molecule has 2 rings (SSSR count). The minimum absolute atomic E-state index is 0.0501. The lowest BCUT2D eigenvalue weighted by atomic mass is 9.97. The van der Waals surface area contributed by atoms with Crippen molar-refractivity contribution >= 4 is 5.97 Å². The average molecular weight is 270 g/mol. The van der Waals surface area contributed by atoms with E-state index in [1.54, 1.807) is 0 Å². The number of nitrogens with one attached hydrogen (secondary N) is 1. The molecule has 0 radical (unpaired) electrons. The number of cyclic esters (lactones) is 1. The first-order valence-corrected chi connectivity index (χ1v) is 7.91. The maximum atomic E-state index is 11.8. The van der Waals surface area contributed by atoms with Gasteiger partial charge in [-0.1, -0.05) is 32.6 Å². The van der Waals surface area contributed by atoms with Crippen molar-refractivity contribution in [1.82, 2.24) is 0 Å². The molecule has 110 valence electrons. The number of carbonyl (C=O) groups is 1. The summed E-state index contributed by atoms with van der Waals surface area (Å²) in [5.41, 5.74) is 0. The van der Waals surface area contributed by atoms with Crippen LogP contribution in [0.1, 0.15) is 45.4 Å². The number of carbonyl (C=O) groups excluding carboxylic acids is 1. The van der Waals surface area contributed by atoms with Gasteiger partial charge in [-0.15, -0.1) is 0 Å². The Labute approximate surface area is 116 Å². The number of unbranched alkanes of at least 4 members (excludes halogenated alkanes) is 3. The van der Waals surface area contributed by atoms with Crippen molar-refractivity contribution in [1.29, 1.82) is 0 Å². The van der Waals surface area contributed by atoms with E-state index in [0.29, 0.717) is 0 Å². The summed E-state index contributed by atoms with van der Waals surface area (Å²) in [5.74, 6) is 0.219. The van der Waals surface area contributed by atoms with Gasteiger partial charge in [0.1, 0.15) is 19.6 Å². The van der Waals surface area contributed by atoms with Crippen LogP contribution in [0.3, 0.4) is 0 Å². The molecule has 0 unspecified atom stereocenters. The second kappa shape index (κ2) is 7.85. The summed E-state index contributed by atoms with van der Waals surface area (Å²) in [6.45, 7) is 6.98. The Morgan fingerprint density at radius 3 is 2.74 bits per heavy atom. The maximum absolute atomic E-state index is 11.8. The zero-order valence-corrected chi connectivity index (χ0v) is 12.2. The average Bonchev–Trinajstić information content (AvgIpc) is 2.76. The van der Waals surface area contributed by atoms with E-state index in [4.69, 9.17) is 9.47 Å². The quantitative estimate of drug-likeness (QED) is 0.549. The van der Waals surface area contributed by atoms with Crippen LogP contribution in [0.5, 0.6) is 0 Å². The molecule has 2 aliphatic heterocycles. The van der Waals surface area contributed by atoms with Gasteiger partial charge in [-0.2, -0.15) is 0 Å². The van der Waals surface area contributed by atoms with Gasteiger partial charge in [0.25, 0.3) is 0 Å². The highest BCUT2D eigenvalue weighted by atomic mass is 16.6. The number of quaternary nitrogens is 1. The van der Waals surface area contributed by atoms with Crippen molar-refractivity contribution in [3.63, 3.8) is 0 Å². The smallest absolute Gasteiger partial charge is 0.309 e. The molecule has 0 amide bonds. The molecule has 0 aromatic rings. The van der Waals surface area contributed by atoms with Gasteiger partial charge >= 0.3 is 5.97 Å². The molecule has 0 spiro atoms. The summed E-state index contributed by atoms with van der Waals surface area (Å²) in [7, 11) is 0. The monoisotopic (exact) mass is 270 g/mol. The molecule has 4 heteroatoms. The molecule has 0 bridgehead atoms. The van der Waals surface area contributed by atoms with Crippen LogP contribution in [-0.2, 0) is 14.3 Å². The molecular weight excluding hydrogens is 242 g/mol. The Balaban J connectivity index is 1.66. The normalized spacial score (nSPS) is 28.6. The Bertz CT molecular complexity index is 277. The highest BCUT2D eigenvalue weighted by molar-refractivity contribution is 5.74. The van der Waals surface area contributed by atoms with Crippen molar-refractivity contribution in [3.8, 4) is 0 Å². The molecule has 0 aromatic carbocycles. The first-order valence-electron chi connectivity index (χ1n) is 7.91. The molecule has 0 aromatic heterocycles. The van der Waals surface area contributed by atoms with Gasteiger partial charge < -0.3 is 14.4 Å². The number of hydrogen-bond acceptors (Lipinski definition) is 3. The van der Waals surface area contributed by atoms with Crippen LogP contribution in [0.15, 0.2) is 0 Å². The van der Waals surface area contributed by atoms with Crippen LogP contribution in [0.4, 0.5) is 0 Å². The summed E-state index contributed by atoms with van der Waals surface area (Å²) in [6, 6.07) is 0. The van der Waals surface area contributed by atoms with E-state index in [-0.39, 0.29) is 18.0 Å². The van der Waals surface area contributed by atoms with E-state index in [0.717, 1.165) is 45.7 Å². The number of rotatable bonds is 7. The minimum Gasteiger partial charge on any atom is -0.456 e. The molecule has 0 saturated carbocycles. The first kappa shape index (κ1) is 14.8. The van der Waals surface area contributed by atoms with Crippen molar-refractivity contribution in [3.05, 3.63) is 0 Å². The van der Waals surface area contributed by atoms with Crippen molar-refractivity contribution < 1.29 is 19.2 Å². The van der Waals surface area contributed by atoms with Crippen molar-refractivity contribution in [2.24, 2.45) is 5.92 Å². The van der Waals surface area contributed by atoms with E-state index in [9.17, 15) is 4.79 Å². The van der Waals surface area contributed by atoms with Gasteiger partial charge in [0.15, 0.2) is 6.10 Å². The van der Waals surface area contributed by atoms with Crippen LogP contribution in [0.2, 0.25) is 0 Å². The molecular formula is C15H28NO3+. The Morgan fingerprint density at radius 1 is 1.21 bits per heavy atom.